The molecule has 4 atom stereocenters. The van der Waals surface area contributed by atoms with Crippen molar-refractivity contribution >= 4 is 49.6 Å². The monoisotopic (exact) mass is 376 g/mol. The van der Waals surface area contributed by atoms with Crippen molar-refractivity contribution in [2.24, 2.45) is 11.5 Å². The third kappa shape index (κ3) is 9.78. The molecule has 0 amide bonds. The maximum absolute atomic E-state index is 9.00. The fraction of sp³-hybridized carbons (Fsp3) is 1.00. The molecule has 2 saturated heterocycles. The second-order valence-electron chi connectivity index (χ2n) is 4.90. The lowest BCUT2D eigenvalue weighted by atomic mass is 10.2. The molecular weight excluding hydrogens is 350 g/mol. The topological polar surface area (TPSA) is 99.0 Å². The number of halogens is 4. The fourth-order valence-corrected chi connectivity index (χ4v) is 2.02. The van der Waals surface area contributed by atoms with Gasteiger partial charge in [0.1, 0.15) is 0 Å². The molecule has 2 fully saturated rings. The quantitative estimate of drug-likeness (QED) is 0.429. The van der Waals surface area contributed by atoms with E-state index in [2.05, 4.69) is 0 Å². The number of aliphatic hydroxyl groups excluding tert-OH is 2. The average Bonchev–Trinajstić information content (AvgIpc) is 2.58. The van der Waals surface area contributed by atoms with Crippen molar-refractivity contribution in [1.29, 1.82) is 0 Å². The van der Waals surface area contributed by atoms with Crippen LogP contribution in [0.15, 0.2) is 0 Å². The van der Waals surface area contributed by atoms with Crippen molar-refractivity contribution in [3.05, 3.63) is 0 Å². The zero-order valence-corrected chi connectivity index (χ0v) is 15.0. The maximum Gasteiger partial charge on any atom is 0.0830 e. The van der Waals surface area contributed by atoms with E-state index in [4.69, 9.17) is 21.7 Å². The van der Waals surface area contributed by atoms with Gasteiger partial charge in [-0.3, -0.25) is 0 Å². The number of likely N-dealkylation sites (tertiary alicyclic amines) is 2. The molecule has 0 aliphatic carbocycles. The first-order valence-electron chi connectivity index (χ1n) is 5.64. The minimum absolute atomic E-state index is 0. The summed E-state index contributed by atoms with van der Waals surface area (Å²) in [6, 6.07) is -0.0556. The zero-order chi connectivity index (χ0) is 12.3. The summed E-state index contributed by atoms with van der Waals surface area (Å²) < 4.78 is 0. The minimum atomic E-state index is -0.306. The fourth-order valence-electron chi connectivity index (χ4n) is 2.02. The molecule has 0 spiro atoms. The Hall–Kier alpha value is 0.920. The number of rotatable bonds is 0. The Bertz CT molecular complexity index is 189. The Labute approximate surface area is 145 Å². The summed E-state index contributed by atoms with van der Waals surface area (Å²) in [7, 11) is 3.91. The smallest absolute Gasteiger partial charge is 0.0830 e. The van der Waals surface area contributed by atoms with Crippen LogP contribution in [0, 0.1) is 0 Å². The van der Waals surface area contributed by atoms with E-state index in [0.29, 0.717) is 0 Å². The van der Waals surface area contributed by atoms with Gasteiger partial charge in [0.15, 0.2) is 0 Å². The highest BCUT2D eigenvalue weighted by Crippen LogP contribution is 2.04. The molecule has 0 aromatic rings. The third-order valence-corrected chi connectivity index (χ3v) is 3.03. The van der Waals surface area contributed by atoms with Gasteiger partial charge in [0.05, 0.1) is 12.2 Å². The summed E-state index contributed by atoms with van der Waals surface area (Å²) in [5.41, 5.74) is 11.0. The highest BCUT2D eigenvalue weighted by Gasteiger charge is 2.25. The molecular formula is C10H28Cl4N4O2. The van der Waals surface area contributed by atoms with E-state index < -0.39 is 0 Å². The number of hydrogen-bond donors (Lipinski definition) is 4. The summed E-state index contributed by atoms with van der Waals surface area (Å²) in [6.07, 6.45) is -0.611. The Morgan fingerprint density at radius 2 is 0.950 bits per heavy atom. The van der Waals surface area contributed by atoms with Gasteiger partial charge in [0, 0.05) is 38.3 Å². The van der Waals surface area contributed by atoms with Crippen LogP contribution in [0.4, 0.5) is 0 Å². The van der Waals surface area contributed by atoms with Crippen molar-refractivity contribution in [3.63, 3.8) is 0 Å². The van der Waals surface area contributed by atoms with E-state index >= 15 is 0 Å². The van der Waals surface area contributed by atoms with Crippen molar-refractivity contribution in [3.8, 4) is 0 Å². The lowest BCUT2D eigenvalue weighted by Crippen LogP contribution is -2.32. The van der Waals surface area contributed by atoms with Crippen LogP contribution in [-0.2, 0) is 0 Å². The summed E-state index contributed by atoms with van der Waals surface area (Å²) in [6.45, 7) is 3.09. The second-order valence-corrected chi connectivity index (χ2v) is 4.90. The van der Waals surface area contributed by atoms with Crippen LogP contribution in [0.5, 0.6) is 0 Å². The molecule has 20 heavy (non-hydrogen) atoms. The third-order valence-electron chi connectivity index (χ3n) is 3.03. The number of likely N-dealkylation sites (N-methyl/N-ethyl adjacent to an activating group) is 2. The largest absolute Gasteiger partial charge is 0.390 e. The molecule has 0 aromatic heterocycles. The predicted octanol–water partition coefficient (Wildman–Crippen LogP) is -1.07. The van der Waals surface area contributed by atoms with Gasteiger partial charge in [0.2, 0.25) is 0 Å². The standard InChI is InChI=1S/2C5H12N2O.4ClH/c2*1-7-2-4(6)5(8)3-7;;;;/h2*4-5,8H,2-3,6H2,1H3;4*1H/t2*4-,5-;;;;/m10..../s1. The highest BCUT2D eigenvalue weighted by atomic mass is 35.5. The molecule has 0 unspecified atom stereocenters. The predicted molar refractivity (Wildman–Crippen MR) is 92.0 cm³/mol. The van der Waals surface area contributed by atoms with Crippen LogP contribution in [0.3, 0.4) is 0 Å². The van der Waals surface area contributed by atoms with Crippen molar-refractivity contribution in [2.75, 3.05) is 40.3 Å². The van der Waals surface area contributed by atoms with Crippen molar-refractivity contribution < 1.29 is 10.2 Å². The van der Waals surface area contributed by atoms with E-state index in [1.165, 1.54) is 0 Å². The SMILES string of the molecule is CN1C[C@@H](N)[C@H](O)C1.CN1C[C@H](N)[C@@H](O)C1.Cl.Cl.Cl.Cl. The Kier molecular flexibility index (Phi) is 19.7. The van der Waals surface area contributed by atoms with Crippen LogP contribution in [0.2, 0.25) is 0 Å². The van der Waals surface area contributed by atoms with Gasteiger partial charge in [-0.2, -0.15) is 0 Å². The molecule has 128 valence electrons. The minimum Gasteiger partial charge on any atom is -0.390 e. The number of hydrogen-bond acceptors (Lipinski definition) is 6. The molecule has 10 heteroatoms. The summed E-state index contributed by atoms with van der Waals surface area (Å²) in [5, 5.41) is 18.0. The first kappa shape index (κ1) is 29.0. The lowest BCUT2D eigenvalue weighted by molar-refractivity contribution is 0.169. The van der Waals surface area contributed by atoms with E-state index in [9.17, 15) is 0 Å². The summed E-state index contributed by atoms with van der Waals surface area (Å²) in [4.78, 5) is 4.05. The van der Waals surface area contributed by atoms with E-state index in [0.717, 1.165) is 26.2 Å². The van der Waals surface area contributed by atoms with Gasteiger partial charge in [0.25, 0.3) is 0 Å². The van der Waals surface area contributed by atoms with E-state index in [1.54, 1.807) is 0 Å². The van der Waals surface area contributed by atoms with Gasteiger partial charge >= 0.3 is 0 Å². The summed E-state index contributed by atoms with van der Waals surface area (Å²) >= 11 is 0. The van der Waals surface area contributed by atoms with Crippen LogP contribution in [-0.4, -0.2) is 84.6 Å². The number of β-amino-alcohol motifs (C(OH)–C–C–N with tert-alkyl or cyclic N) is 2. The molecule has 0 saturated carbocycles. The van der Waals surface area contributed by atoms with Crippen molar-refractivity contribution in [1.82, 2.24) is 9.80 Å². The van der Waals surface area contributed by atoms with Crippen LogP contribution >= 0.6 is 49.6 Å². The number of nitrogens with zero attached hydrogens (tertiary/aromatic N) is 2. The highest BCUT2D eigenvalue weighted by molar-refractivity contribution is 5.86. The molecule has 0 bridgehead atoms. The molecule has 6 N–H and O–H groups in total. The molecule has 0 radical (unpaired) electrons. The van der Waals surface area contributed by atoms with E-state index in [-0.39, 0.29) is 73.9 Å². The van der Waals surface area contributed by atoms with Crippen LogP contribution in [0.25, 0.3) is 0 Å². The molecule has 0 aromatic carbocycles. The van der Waals surface area contributed by atoms with E-state index in [1.807, 2.05) is 23.9 Å². The first-order valence-corrected chi connectivity index (χ1v) is 5.64. The molecule has 2 aliphatic heterocycles. The van der Waals surface area contributed by atoms with Gasteiger partial charge < -0.3 is 31.5 Å². The first-order chi connectivity index (χ1) is 7.40. The van der Waals surface area contributed by atoms with Crippen LogP contribution < -0.4 is 11.5 Å². The van der Waals surface area contributed by atoms with Gasteiger partial charge in [-0.1, -0.05) is 0 Å². The average molecular weight is 378 g/mol. The van der Waals surface area contributed by atoms with Crippen LogP contribution in [0.1, 0.15) is 0 Å². The van der Waals surface area contributed by atoms with Gasteiger partial charge in [-0.05, 0) is 14.1 Å². The molecule has 6 nitrogen and oxygen atoms in total. The van der Waals surface area contributed by atoms with Crippen molar-refractivity contribution in [2.45, 2.75) is 24.3 Å². The maximum atomic E-state index is 9.00. The lowest BCUT2D eigenvalue weighted by Gasteiger charge is -2.03. The van der Waals surface area contributed by atoms with Gasteiger partial charge in [-0.25, -0.2) is 0 Å². The Morgan fingerprint density at radius 1 is 0.700 bits per heavy atom. The Balaban J connectivity index is -0.000000107. The summed E-state index contributed by atoms with van der Waals surface area (Å²) in [5.74, 6) is 0. The number of nitrogens with two attached hydrogens (primary N) is 2. The molecule has 2 rings (SSSR count). The molecule has 2 aliphatic rings. The van der Waals surface area contributed by atoms with Gasteiger partial charge in [-0.15, -0.1) is 49.6 Å². The Morgan fingerprint density at radius 3 is 1.00 bits per heavy atom. The number of aliphatic hydroxyl groups is 2. The zero-order valence-electron chi connectivity index (χ0n) is 11.7. The second kappa shape index (κ2) is 13.6. The normalized spacial score (nSPS) is 32.7. The molecule has 2 heterocycles.